The van der Waals surface area contributed by atoms with Crippen LogP contribution in [0.15, 0.2) is 200 Å². The summed E-state index contributed by atoms with van der Waals surface area (Å²) in [6.07, 6.45) is 0. The van der Waals surface area contributed by atoms with Crippen LogP contribution in [0, 0.1) is 0 Å². The van der Waals surface area contributed by atoms with Crippen molar-refractivity contribution in [2.45, 2.75) is 0 Å². The second kappa shape index (κ2) is 12.3. The SMILES string of the molecule is c1ccc(-c2cc3ccccc3cc2-c2ccc(N(c3ccc(-c4cccc5ccccc45)cc3)c3cccc4ccccc34)cc2)cc1. The molecule has 0 N–H and O–H groups in total. The molecule has 0 aliphatic heterocycles. The van der Waals surface area contributed by atoms with Gasteiger partial charge in [0, 0.05) is 16.8 Å². The molecular weight excluding hydrogens is 591 g/mol. The van der Waals surface area contributed by atoms with E-state index in [4.69, 9.17) is 0 Å². The molecule has 0 atom stereocenters. The second-order valence-corrected chi connectivity index (χ2v) is 12.6. The van der Waals surface area contributed by atoms with Crippen molar-refractivity contribution in [3.05, 3.63) is 200 Å². The van der Waals surface area contributed by atoms with Gasteiger partial charge in [0.25, 0.3) is 0 Å². The van der Waals surface area contributed by atoms with Crippen molar-refractivity contribution < 1.29 is 0 Å². The first-order valence-corrected chi connectivity index (χ1v) is 16.8. The van der Waals surface area contributed by atoms with Crippen LogP contribution < -0.4 is 4.90 Å². The molecule has 0 radical (unpaired) electrons. The van der Waals surface area contributed by atoms with Crippen LogP contribution in [0.4, 0.5) is 17.1 Å². The van der Waals surface area contributed by atoms with Crippen LogP contribution in [-0.2, 0) is 0 Å². The molecule has 9 rings (SSSR count). The number of anilines is 3. The van der Waals surface area contributed by atoms with Crippen molar-refractivity contribution >= 4 is 49.4 Å². The maximum atomic E-state index is 2.39. The predicted octanol–water partition coefficient (Wildman–Crippen LogP) is 13.6. The van der Waals surface area contributed by atoms with E-state index < -0.39 is 0 Å². The van der Waals surface area contributed by atoms with Crippen molar-refractivity contribution in [2.24, 2.45) is 0 Å². The van der Waals surface area contributed by atoms with Gasteiger partial charge in [0.15, 0.2) is 0 Å². The summed E-state index contributed by atoms with van der Waals surface area (Å²) in [6.45, 7) is 0. The third-order valence-corrected chi connectivity index (χ3v) is 9.64. The second-order valence-electron chi connectivity index (χ2n) is 12.6. The van der Waals surface area contributed by atoms with Gasteiger partial charge in [0.05, 0.1) is 5.69 Å². The predicted molar refractivity (Wildman–Crippen MR) is 210 cm³/mol. The summed E-state index contributed by atoms with van der Waals surface area (Å²) in [6, 6.07) is 72.5. The Labute approximate surface area is 287 Å². The molecule has 0 fully saturated rings. The fourth-order valence-corrected chi connectivity index (χ4v) is 7.22. The zero-order chi connectivity index (χ0) is 32.6. The van der Waals surface area contributed by atoms with Gasteiger partial charge in [-0.1, -0.05) is 158 Å². The van der Waals surface area contributed by atoms with Crippen LogP contribution in [0.3, 0.4) is 0 Å². The number of rotatable bonds is 6. The zero-order valence-corrected chi connectivity index (χ0v) is 27.0. The van der Waals surface area contributed by atoms with Gasteiger partial charge in [-0.15, -0.1) is 0 Å². The quantitative estimate of drug-likeness (QED) is 0.178. The van der Waals surface area contributed by atoms with Crippen LogP contribution in [0.25, 0.3) is 65.7 Å². The molecule has 0 bridgehead atoms. The maximum absolute atomic E-state index is 2.39. The first-order chi connectivity index (χ1) is 24.3. The Balaban J connectivity index is 1.17. The van der Waals surface area contributed by atoms with E-state index in [2.05, 4.69) is 205 Å². The fourth-order valence-electron chi connectivity index (χ4n) is 7.22. The molecule has 0 aromatic heterocycles. The summed E-state index contributed by atoms with van der Waals surface area (Å²) in [7, 11) is 0. The lowest BCUT2D eigenvalue weighted by Crippen LogP contribution is -2.10. The molecule has 9 aromatic rings. The van der Waals surface area contributed by atoms with E-state index in [9.17, 15) is 0 Å². The van der Waals surface area contributed by atoms with E-state index in [1.54, 1.807) is 0 Å². The molecule has 0 heterocycles. The Morgan fingerprint density at radius 1 is 0.265 bits per heavy atom. The monoisotopic (exact) mass is 623 g/mol. The highest BCUT2D eigenvalue weighted by atomic mass is 15.1. The number of fused-ring (bicyclic) bond motifs is 3. The highest BCUT2D eigenvalue weighted by molar-refractivity contribution is 6.01. The highest BCUT2D eigenvalue weighted by Crippen LogP contribution is 2.42. The summed E-state index contributed by atoms with van der Waals surface area (Å²) in [4.78, 5) is 2.39. The van der Waals surface area contributed by atoms with Gasteiger partial charge in [-0.2, -0.15) is 0 Å². The van der Waals surface area contributed by atoms with Gasteiger partial charge in [-0.3, -0.25) is 0 Å². The Kier molecular flexibility index (Phi) is 7.22. The van der Waals surface area contributed by atoms with Crippen molar-refractivity contribution in [2.75, 3.05) is 4.90 Å². The Bertz CT molecular complexity index is 2570. The van der Waals surface area contributed by atoms with Crippen molar-refractivity contribution in [1.29, 1.82) is 0 Å². The summed E-state index contributed by atoms with van der Waals surface area (Å²) in [5, 5.41) is 7.44. The molecule has 49 heavy (non-hydrogen) atoms. The first-order valence-electron chi connectivity index (χ1n) is 16.8. The maximum Gasteiger partial charge on any atom is 0.0540 e. The van der Waals surface area contributed by atoms with Crippen LogP contribution in [0.1, 0.15) is 0 Å². The van der Waals surface area contributed by atoms with Crippen LogP contribution >= 0.6 is 0 Å². The lowest BCUT2D eigenvalue weighted by atomic mass is 9.91. The molecule has 0 unspecified atom stereocenters. The minimum Gasteiger partial charge on any atom is -0.310 e. The fraction of sp³-hybridized carbons (Fsp3) is 0. The van der Waals surface area contributed by atoms with Crippen molar-refractivity contribution in [3.8, 4) is 33.4 Å². The van der Waals surface area contributed by atoms with Crippen molar-refractivity contribution in [3.63, 3.8) is 0 Å². The normalized spacial score (nSPS) is 11.3. The highest BCUT2D eigenvalue weighted by Gasteiger charge is 2.17. The molecule has 1 nitrogen and oxygen atoms in total. The van der Waals surface area contributed by atoms with Crippen LogP contribution in [-0.4, -0.2) is 0 Å². The summed E-state index contributed by atoms with van der Waals surface area (Å²) < 4.78 is 0. The standard InChI is InChI=1S/C48H33N/c1-2-12-36(13-3-1)46-32-39-16-4-5-17-40(39)33-47(46)38-26-30-42(31-27-38)49(48-23-11-19-35-15-7-9-21-45(35)48)41-28-24-37(25-29-41)44-22-10-18-34-14-6-8-20-43(34)44/h1-33H. The first kappa shape index (κ1) is 28.8. The number of hydrogen-bond donors (Lipinski definition) is 0. The molecule has 9 aromatic carbocycles. The third-order valence-electron chi connectivity index (χ3n) is 9.64. The minimum atomic E-state index is 1.11. The van der Waals surface area contributed by atoms with Gasteiger partial charge in [-0.05, 0) is 103 Å². The topological polar surface area (TPSA) is 3.24 Å². The number of nitrogens with zero attached hydrogens (tertiary/aromatic N) is 1. The molecule has 0 aliphatic rings. The molecular formula is C48H33N. The van der Waals surface area contributed by atoms with Crippen LogP contribution in [0.5, 0.6) is 0 Å². The molecule has 0 saturated heterocycles. The van der Waals surface area contributed by atoms with E-state index in [1.807, 2.05) is 0 Å². The third kappa shape index (κ3) is 5.32. The van der Waals surface area contributed by atoms with E-state index in [0.717, 1.165) is 17.1 Å². The molecule has 1 heteroatoms. The Morgan fingerprint density at radius 2 is 0.694 bits per heavy atom. The molecule has 0 aliphatic carbocycles. The minimum absolute atomic E-state index is 1.11. The summed E-state index contributed by atoms with van der Waals surface area (Å²) in [5.41, 5.74) is 10.7. The average Bonchev–Trinajstić information content (AvgIpc) is 3.18. The van der Waals surface area contributed by atoms with E-state index in [-0.39, 0.29) is 0 Å². The molecule has 0 amide bonds. The van der Waals surface area contributed by atoms with Gasteiger partial charge in [0.1, 0.15) is 0 Å². The Morgan fingerprint density at radius 3 is 1.31 bits per heavy atom. The lowest BCUT2D eigenvalue weighted by Gasteiger charge is -2.27. The zero-order valence-electron chi connectivity index (χ0n) is 27.0. The van der Waals surface area contributed by atoms with Gasteiger partial charge in [0.2, 0.25) is 0 Å². The van der Waals surface area contributed by atoms with E-state index in [0.29, 0.717) is 0 Å². The lowest BCUT2D eigenvalue weighted by molar-refractivity contribution is 1.30. The Hall–Kier alpha value is -6.44. The van der Waals surface area contributed by atoms with Gasteiger partial charge < -0.3 is 4.90 Å². The summed E-state index contributed by atoms with van der Waals surface area (Å²) in [5.74, 6) is 0. The number of hydrogen-bond acceptors (Lipinski definition) is 1. The molecule has 0 saturated carbocycles. The average molecular weight is 624 g/mol. The van der Waals surface area contributed by atoms with E-state index in [1.165, 1.54) is 65.7 Å². The van der Waals surface area contributed by atoms with E-state index >= 15 is 0 Å². The van der Waals surface area contributed by atoms with Gasteiger partial charge in [-0.25, -0.2) is 0 Å². The largest absolute Gasteiger partial charge is 0.310 e. The van der Waals surface area contributed by atoms with Crippen LogP contribution in [0.2, 0.25) is 0 Å². The summed E-state index contributed by atoms with van der Waals surface area (Å²) >= 11 is 0. The molecule has 230 valence electrons. The smallest absolute Gasteiger partial charge is 0.0540 e. The van der Waals surface area contributed by atoms with Gasteiger partial charge >= 0.3 is 0 Å². The molecule has 0 spiro atoms. The number of benzene rings is 9. The van der Waals surface area contributed by atoms with Crippen molar-refractivity contribution in [1.82, 2.24) is 0 Å².